The summed E-state index contributed by atoms with van der Waals surface area (Å²) < 4.78 is 0. The van der Waals surface area contributed by atoms with E-state index in [9.17, 15) is 0 Å². The van der Waals surface area contributed by atoms with Crippen molar-refractivity contribution in [3.8, 4) is 0 Å². The fraction of sp³-hybridized carbons (Fsp3) is 0.750. The molecule has 0 radical (unpaired) electrons. The molecule has 0 amide bonds. The number of rotatable bonds is 8. The van der Waals surface area contributed by atoms with Crippen molar-refractivity contribution < 1.29 is 0 Å². The second kappa shape index (κ2) is 9.73. The molecule has 3 nitrogen and oxygen atoms in total. The molecular formula is C12H25N3S. The molecule has 1 atom stereocenters. The number of allylic oxidation sites excluding steroid dienone is 1. The molecule has 0 aliphatic heterocycles. The largest absolute Gasteiger partial charge is 0.380 e. The Morgan fingerprint density at radius 1 is 1.56 bits per heavy atom. The van der Waals surface area contributed by atoms with Crippen LogP contribution in [-0.2, 0) is 0 Å². The first kappa shape index (κ1) is 15.5. The Morgan fingerprint density at radius 3 is 2.75 bits per heavy atom. The topological polar surface area (TPSA) is 41.6 Å². The maximum atomic E-state index is 5.55. The third kappa shape index (κ3) is 7.77. The molecule has 0 saturated heterocycles. The van der Waals surface area contributed by atoms with Gasteiger partial charge in [-0.25, -0.2) is 0 Å². The summed E-state index contributed by atoms with van der Waals surface area (Å²) in [7, 11) is 3.90. The number of hydrogen-bond donors (Lipinski definition) is 1. The monoisotopic (exact) mass is 243 g/mol. The lowest BCUT2D eigenvalue weighted by atomic mass is 10.1. The SMILES string of the molecule is CCCC(CSN)CN(C)/C=C(/C)C=NC. The highest BCUT2D eigenvalue weighted by atomic mass is 32.2. The molecule has 0 bridgehead atoms. The summed E-state index contributed by atoms with van der Waals surface area (Å²) in [5, 5.41) is 5.55. The van der Waals surface area contributed by atoms with Crippen molar-refractivity contribution in [1.82, 2.24) is 4.90 Å². The van der Waals surface area contributed by atoms with Gasteiger partial charge in [0.1, 0.15) is 0 Å². The van der Waals surface area contributed by atoms with Crippen LogP contribution >= 0.6 is 11.9 Å². The van der Waals surface area contributed by atoms with Crippen molar-refractivity contribution in [2.75, 3.05) is 26.4 Å². The summed E-state index contributed by atoms with van der Waals surface area (Å²) in [6, 6.07) is 0. The summed E-state index contributed by atoms with van der Waals surface area (Å²) in [5.41, 5.74) is 1.18. The van der Waals surface area contributed by atoms with E-state index >= 15 is 0 Å². The molecule has 2 N–H and O–H groups in total. The Labute approximate surface area is 104 Å². The van der Waals surface area contributed by atoms with Crippen LogP contribution in [0.4, 0.5) is 0 Å². The highest BCUT2D eigenvalue weighted by Crippen LogP contribution is 2.12. The zero-order valence-corrected chi connectivity index (χ0v) is 11.8. The molecule has 0 rings (SSSR count). The molecule has 0 spiro atoms. The first-order valence-corrected chi connectivity index (χ1v) is 6.81. The molecular weight excluding hydrogens is 218 g/mol. The average molecular weight is 243 g/mol. The van der Waals surface area contributed by atoms with E-state index in [0.29, 0.717) is 5.92 Å². The minimum Gasteiger partial charge on any atom is -0.380 e. The van der Waals surface area contributed by atoms with E-state index in [1.165, 1.54) is 30.4 Å². The molecule has 0 aromatic rings. The van der Waals surface area contributed by atoms with Crippen LogP contribution in [0.15, 0.2) is 16.8 Å². The fourth-order valence-electron chi connectivity index (χ4n) is 1.82. The van der Waals surface area contributed by atoms with Gasteiger partial charge in [0.15, 0.2) is 0 Å². The summed E-state index contributed by atoms with van der Waals surface area (Å²) >= 11 is 1.45. The third-order valence-corrected chi connectivity index (χ3v) is 3.00. The minimum atomic E-state index is 0.674. The van der Waals surface area contributed by atoms with E-state index in [2.05, 4.69) is 37.0 Å². The van der Waals surface area contributed by atoms with Crippen LogP contribution in [0.2, 0.25) is 0 Å². The van der Waals surface area contributed by atoms with Crippen molar-refractivity contribution in [2.45, 2.75) is 26.7 Å². The van der Waals surface area contributed by atoms with E-state index in [1.54, 1.807) is 7.05 Å². The van der Waals surface area contributed by atoms with Gasteiger partial charge in [-0.15, -0.1) is 0 Å². The van der Waals surface area contributed by atoms with Gasteiger partial charge in [0.25, 0.3) is 0 Å². The van der Waals surface area contributed by atoms with Crippen LogP contribution in [0.5, 0.6) is 0 Å². The molecule has 0 fully saturated rings. The summed E-state index contributed by atoms with van der Waals surface area (Å²) in [6.07, 6.45) is 6.47. The first-order chi connectivity index (χ1) is 7.63. The molecule has 0 saturated carbocycles. The zero-order chi connectivity index (χ0) is 12.4. The fourth-order valence-corrected chi connectivity index (χ4v) is 2.36. The lowest BCUT2D eigenvalue weighted by Gasteiger charge is -2.22. The zero-order valence-electron chi connectivity index (χ0n) is 10.9. The minimum absolute atomic E-state index is 0.674. The van der Waals surface area contributed by atoms with E-state index in [-0.39, 0.29) is 0 Å². The van der Waals surface area contributed by atoms with Crippen molar-refractivity contribution in [1.29, 1.82) is 0 Å². The van der Waals surface area contributed by atoms with Crippen LogP contribution in [0, 0.1) is 5.92 Å². The van der Waals surface area contributed by atoms with E-state index in [0.717, 1.165) is 12.3 Å². The van der Waals surface area contributed by atoms with Crippen LogP contribution in [-0.4, -0.2) is 37.5 Å². The van der Waals surface area contributed by atoms with Crippen molar-refractivity contribution >= 4 is 18.2 Å². The van der Waals surface area contributed by atoms with Crippen LogP contribution < -0.4 is 5.14 Å². The van der Waals surface area contributed by atoms with Crippen LogP contribution in [0.3, 0.4) is 0 Å². The first-order valence-electron chi connectivity index (χ1n) is 5.76. The Morgan fingerprint density at radius 2 is 2.25 bits per heavy atom. The number of nitrogens with two attached hydrogens (primary N) is 1. The predicted octanol–water partition coefficient (Wildman–Crippen LogP) is 2.55. The summed E-state index contributed by atoms with van der Waals surface area (Å²) in [4.78, 5) is 6.23. The Bertz CT molecular complexity index is 220. The Hall–Kier alpha value is -0.480. The van der Waals surface area contributed by atoms with Gasteiger partial charge in [-0.05, 0) is 24.8 Å². The van der Waals surface area contributed by atoms with Gasteiger partial charge in [-0.3, -0.25) is 10.1 Å². The van der Waals surface area contributed by atoms with Crippen LogP contribution in [0.1, 0.15) is 26.7 Å². The van der Waals surface area contributed by atoms with Gasteiger partial charge < -0.3 is 4.90 Å². The molecule has 0 aliphatic carbocycles. The lowest BCUT2D eigenvalue weighted by molar-refractivity contribution is 0.359. The number of aliphatic imine (C=N–C) groups is 1. The smallest absolute Gasteiger partial charge is 0.0277 e. The average Bonchev–Trinajstić information content (AvgIpc) is 2.18. The van der Waals surface area contributed by atoms with Gasteiger partial charge in [-0.2, -0.15) is 0 Å². The van der Waals surface area contributed by atoms with Gasteiger partial charge in [0, 0.05) is 38.8 Å². The van der Waals surface area contributed by atoms with E-state index in [4.69, 9.17) is 5.14 Å². The third-order valence-electron chi connectivity index (χ3n) is 2.33. The molecule has 16 heavy (non-hydrogen) atoms. The van der Waals surface area contributed by atoms with Crippen LogP contribution in [0.25, 0.3) is 0 Å². The van der Waals surface area contributed by atoms with Gasteiger partial charge in [0.2, 0.25) is 0 Å². The maximum Gasteiger partial charge on any atom is 0.0277 e. The lowest BCUT2D eigenvalue weighted by Crippen LogP contribution is -2.23. The highest BCUT2D eigenvalue weighted by molar-refractivity contribution is 7.97. The quantitative estimate of drug-likeness (QED) is 0.526. The number of nitrogens with zero attached hydrogens (tertiary/aromatic N) is 2. The molecule has 0 aliphatic rings. The molecule has 4 heteroatoms. The summed E-state index contributed by atoms with van der Waals surface area (Å²) in [6.45, 7) is 5.35. The van der Waals surface area contributed by atoms with Crippen molar-refractivity contribution in [2.24, 2.45) is 16.0 Å². The highest BCUT2D eigenvalue weighted by Gasteiger charge is 2.08. The second-order valence-corrected chi connectivity index (χ2v) is 4.85. The summed E-state index contributed by atoms with van der Waals surface area (Å²) in [5.74, 6) is 1.71. The molecule has 0 aromatic carbocycles. The van der Waals surface area contributed by atoms with E-state index < -0.39 is 0 Å². The predicted molar refractivity (Wildman–Crippen MR) is 75.8 cm³/mol. The standard InChI is InChI=1S/C12H25N3S/c1-5-6-12(10-16-13)9-15(4)8-11(2)7-14-3/h7-8,12H,5-6,9-10,13H2,1-4H3/b11-8-,14-7?. The molecule has 0 heterocycles. The normalized spacial score (nSPS) is 14.4. The van der Waals surface area contributed by atoms with Crippen molar-refractivity contribution in [3.63, 3.8) is 0 Å². The van der Waals surface area contributed by atoms with Gasteiger partial charge in [-0.1, -0.05) is 25.3 Å². The molecule has 94 valence electrons. The van der Waals surface area contributed by atoms with Gasteiger partial charge >= 0.3 is 0 Å². The van der Waals surface area contributed by atoms with Gasteiger partial charge in [0.05, 0.1) is 0 Å². The maximum absolute atomic E-state index is 5.55. The Kier molecular flexibility index (Phi) is 9.43. The molecule has 1 unspecified atom stereocenters. The molecule has 0 aromatic heterocycles. The van der Waals surface area contributed by atoms with E-state index in [1.807, 2.05) is 6.21 Å². The Balaban J connectivity index is 4.16. The second-order valence-electron chi connectivity index (χ2n) is 4.19. The number of hydrogen-bond acceptors (Lipinski definition) is 4. The van der Waals surface area contributed by atoms with Crippen molar-refractivity contribution in [3.05, 3.63) is 11.8 Å².